The molecule has 2 amide bonds. The third kappa shape index (κ3) is 5.81. The molecule has 1 aliphatic heterocycles. The predicted octanol–water partition coefficient (Wildman–Crippen LogP) is 3.46. The van der Waals surface area contributed by atoms with Crippen molar-refractivity contribution in [2.24, 2.45) is 0 Å². The van der Waals surface area contributed by atoms with E-state index in [0.717, 1.165) is 36.4 Å². The molecular formula is C23H29N3O3. The number of nitrogens with one attached hydrogen (secondary N) is 1. The monoisotopic (exact) mass is 395 g/mol. The van der Waals surface area contributed by atoms with Gasteiger partial charge in [0, 0.05) is 19.5 Å². The van der Waals surface area contributed by atoms with Crippen LogP contribution in [0, 0.1) is 6.92 Å². The van der Waals surface area contributed by atoms with E-state index in [1.54, 1.807) is 4.90 Å². The third-order valence-electron chi connectivity index (χ3n) is 4.99. The lowest BCUT2D eigenvalue weighted by atomic mass is 10.2. The highest BCUT2D eigenvalue weighted by atomic mass is 16.5. The van der Waals surface area contributed by atoms with Crippen LogP contribution in [0.1, 0.15) is 24.8 Å². The van der Waals surface area contributed by atoms with E-state index in [-0.39, 0.29) is 18.4 Å². The first kappa shape index (κ1) is 20.9. The van der Waals surface area contributed by atoms with Gasteiger partial charge in [0.2, 0.25) is 11.8 Å². The molecule has 3 rings (SSSR count). The molecule has 0 aliphatic carbocycles. The molecule has 0 radical (unpaired) electrons. The Balaban J connectivity index is 1.45. The molecule has 2 aromatic rings. The van der Waals surface area contributed by atoms with Gasteiger partial charge >= 0.3 is 0 Å². The van der Waals surface area contributed by atoms with Gasteiger partial charge in [0.1, 0.15) is 5.75 Å². The molecule has 2 aromatic carbocycles. The van der Waals surface area contributed by atoms with Gasteiger partial charge in [-0.1, -0.05) is 30.3 Å². The van der Waals surface area contributed by atoms with Crippen LogP contribution >= 0.6 is 0 Å². The van der Waals surface area contributed by atoms with Crippen molar-refractivity contribution in [2.75, 3.05) is 43.5 Å². The van der Waals surface area contributed by atoms with Gasteiger partial charge in [-0.15, -0.1) is 0 Å². The van der Waals surface area contributed by atoms with Crippen LogP contribution in [0.25, 0.3) is 0 Å². The van der Waals surface area contributed by atoms with Crippen molar-refractivity contribution in [1.82, 2.24) is 4.90 Å². The number of carbonyl (C=O) groups excluding carboxylic acids is 2. The number of benzene rings is 2. The Labute approximate surface area is 172 Å². The molecule has 1 heterocycles. The highest BCUT2D eigenvalue weighted by molar-refractivity contribution is 6.02. The second-order valence-corrected chi connectivity index (χ2v) is 7.42. The zero-order chi connectivity index (χ0) is 20.6. The Bertz CT molecular complexity index is 853. The van der Waals surface area contributed by atoms with Gasteiger partial charge < -0.3 is 15.0 Å². The Morgan fingerprint density at radius 3 is 2.69 bits per heavy atom. The Morgan fingerprint density at radius 2 is 1.93 bits per heavy atom. The van der Waals surface area contributed by atoms with Crippen LogP contribution in [0.15, 0.2) is 48.5 Å². The SMILES string of the molecule is Cc1ccccc1OCCCN(C)CC(=O)Nc1ccccc1N1CCCC1=O. The number of amides is 2. The first-order chi connectivity index (χ1) is 14.0. The Morgan fingerprint density at radius 1 is 1.17 bits per heavy atom. The highest BCUT2D eigenvalue weighted by Gasteiger charge is 2.24. The topological polar surface area (TPSA) is 61.9 Å². The van der Waals surface area contributed by atoms with Crippen LogP contribution < -0.4 is 15.0 Å². The minimum atomic E-state index is -0.0913. The number of aryl methyl sites for hydroxylation is 1. The smallest absolute Gasteiger partial charge is 0.238 e. The maximum absolute atomic E-state index is 12.5. The number of ether oxygens (including phenoxy) is 1. The van der Waals surface area contributed by atoms with Crippen LogP contribution in [0.5, 0.6) is 5.75 Å². The quantitative estimate of drug-likeness (QED) is 0.661. The maximum Gasteiger partial charge on any atom is 0.238 e. The van der Waals surface area contributed by atoms with E-state index < -0.39 is 0 Å². The average molecular weight is 396 g/mol. The molecule has 1 N–H and O–H groups in total. The molecule has 6 nitrogen and oxygen atoms in total. The normalized spacial score (nSPS) is 13.8. The van der Waals surface area contributed by atoms with Crippen LogP contribution in [-0.4, -0.2) is 50.0 Å². The molecule has 1 saturated heterocycles. The van der Waals surface area contributed by atoms with Crippen molar-refractivity contribution < 1.29 is 14.3 Å². The molecule has 0 bridgehead atoms. The van der Waals surface area contributed by atoms with E-state index in [1.165, 1.54) is 0 Å². The number of carbonyl (C=O) groups is 2. The fourth-order valence-electron chi connectivity index (χ4n) is 3.47. The minimum absolute atomic E-state index is 0.0913. The molecule has 0 unspecified atom stereocenters. The molecule has 29 heavy (non-hydrogen) atoms. The summed E-state index contributed by atoms with van der Waals surface area (Å²) in [6.45, 7) is 4.38. The van der Waals surface area contributed by atoms with E-state index in [0.29, 0.717) is 25.3 Å². The fraction of sp³-hybridized carbons (Fsp3) is 0.391. The molecule has 0 atom stereocenters. The van der Waals surface area contributed by atoms with Gasteiger partial charge in [-0.05, 0) is 50.6 Å². The van der Waals surface area contributed by atoms with Gasteiger partial charge in [-0.2, -0.15) is 0 Å². The molecular weight excluding hydrogens is 366 g/mol. The zero-order valence-electron chi connectivity index (χ0n) is 17.2. The summed E-state index contributed by atoms with van der Waals surface area (Å²) in [6, 6.07) is 15.4. The summed E-state index contributed by atoms with van der Waals surface area (Å²) in [7, 11) is 1.92. The number of anilines is 2. The Kier molecular flexibility index (Phi) is 7.25. The summed E-state index contributed by atoms with van der Waals surface area (Å²) < 4.78 is 5.81. The molecule has 6 heteroatoms. The van der Waals surface area contributed by atoms with Crippen LogP contribution in [-0.2, 0) is 9.59 Å². The number of para-hydroxylation sites is 3. The predicted molar refractivity (Wildman–Crippen MR) is 115 cm³/mol. The summed E-state index contributed by atoms with van der Waals surface area (Å²) in [5, 5.41) is 2.96. The molecule has 1 fully saturated rings. The lowest BCUT2D eigenvalue weighted by molar-refractivity contribution is -0.118. The van der Waals surface area contributed by atoms with Gasteiger partial charge in [0.05, 0.1) is 24.5 Å². The lowest BCUT2D eigenvalue weighted by Crippen LogP contribution is -2.32. The first-order valence-electron chi connectivity index (χ1n) is 10.1. The van der Waals surface area contributed by atoms with Gasteiger partial charge in [-0.3, -0.25) is 14.5 Å². The van der Waals surface area contributed by atoms with Crippen molar-refractivity contribution in [2.45, 2.75) is 26.2 Å². The van der Waals surface area contributed by atoms with Crippen molar-refractivity contribution in [3.63, 3.8) is 0 Å². The molecule has 0 aromatic heterocycles. The largest absolute Gasteiger partial charge is 0.493 e. The summed E-state index contributed by atoms with van der Waals surface area (Å²) in [5.41, 5.74) is 2.58. The fourth-order valence-corrected chi connectivity index (χ4v) is 3.47. The molecule has 154 valence electrons. The van der Waals surface area contributed by atoms with E-state index in [9.17, 15) is 9.59 Å². The first-order valence-corrected chi connectivity index (χ1v) is 10.1. The van der Waals surface area contributed by atoms with Crippen molar-refractivity contribution >= 4 is 23.2 Å². The average Bonchev–Trinajstić information content (AvgIpc) is 3.12. The standard InChI is InChI=1S/C23H29N3O3/c1-18-9-3-6-12-21(18)29-16-8-14-25(2)17-22(27)24-19-10-4-5-11-20(19)26-15-7-13-23(26)28/h3-6,9-12H,7-8,13-17H2,1-2H3,(H,24,27). The van der Waals surface area contributed by atoms with Crippen LogP contribution in [0.2, 0.25) is 0 Å². The highest BCUT2D eigenvalue weighted by Crippen LogP contribution is 2.29. The van der Waals surface area contributed by atoms with Crippen LogP contribution in [0.3, 0.4) is 0 Å². The van der Waals surface area contributed by atoms with Crippen LogP contribution in [0.4, 0.5) is 11.4 Å². The third-order valence-corrected chi connectivity index (χ3v) is 4.99. The summed E-state index contributed by atoms with van der Waals surface area (Å²) in [4.78, 5) is 28.3. The summed E-state index contributed by atoms with van der Waals surface area (Å²) >= 11 is 0. The molecule has 0 spiro atoms. The van der Waals surface area contributed by atoms with Gasteiger partial charge in [0.25, 0.3) is 0 Å². The van der Waals surface area contributed by atoms with Gasteiger partial charge in [0.15, 0.2) is 0 Å². The summed E-state index contributed by atoms with van der Waals surface area (Å²) in [5.74, 6) is 0.921. The van der Waals surface area contributed by atoms with Crippen molar-refractivity contribution in [3.8, 4) is 5.75 Å². The van der Waals surface area contributed by atoms with E-state index >= 15 is 0 Å². The van der Waals surface area contributed by atoms with Crippen molar-refractivity contribution in [3.05, 3.63) is 54.1 Å². The molecule has 0 saturated carbocycles. The van der Waals surface area contributed by atoms with Gasteiger partial charge in [-0.25, -0.2) is 0 Å². The van der Waals surface area contributed by atoms with Crippen molar-refractivity contribution in [1.29, 1.82) is 0 Å². The Hall–Kier alpha value is -2.86. The number of nitrogens with zero attached hydrogens (tertiary/aromatic N) is 2. The molecule has 1 aliphatic rings. The minimum Gasteiger partial charge on any atom is -0.493 e. The maximum atomic E-state index is 12.5. The number of hydrogen-bond acceptors (Lipinski definition) is 4. The summed E-state index contributed by atoms with van der Waals surface area (Å²) in [6.07, 6.45) is 2.25. The second-order valence-electron chi connectivity index (χ2n) is 7.42. The number of hydrogen-bond donors (Lipinski definition) is 1. The second kappa shape index (κ2) is 10.1. The number of rotatable bonds is 9. The van der Waals surface area contributed by atoms with E-state index in [1.807, 2.05) is 67.4 Å². The zero-order valence-corrected chi connectivity index (χ0v) is 17.2. The number of likely N-dealkylation sites (N-methyl/N-ethyl adjacent to an activating group) is 1. The van der Waals surface area contributed by atoms with E-state index in [4.69, 9.17) is 4.74 Å². The van der Waals surface area contributed by atoms with E-state index in [2.05, 4.69) is 5.32 Å². The lowest BCUT2D eigenvalue weighted by Gasteiger charge is -2.21.